The fraction of sp³-hybridized carbons (Fsp3) is 0.333. The van der Waals surface area contributed by atoms with E-state index in [9.17, 15) is 0 Å². The molecule has 0 aliphatic carbocycles. The highest BCUT2D eigenvalue weighted by Crippen LogP contribution is 2.33. The van der Waals surface area contributed by atoms with Crippen LogP contribution in [-0.2, 0) is 6.54 Å². The van der Waals surface area contributed by atoms with Crippen LogP contribution in [-0.4, -0.2) is 36.6 Å². The summed E-state index contributed by atoms with van der Waals surface area (Å²) in [5.74, 6) is 3.29. The third-order valence-corrected chi connectivity index (χ3v) is 5.89. The van der Waals surface area contributed by atoms with Crippen LogP contribution in [0.2, 0.25) is 0 Å². The van der Waals surface area contributed by atoms with Crippen LogP contribution >= 0.6 is 0 Å². The van der Waals surface area contributed by atoms with Gasteiger partial charge in [-0.05, 0) is 44.4 Å². The summed E-state index contributed by atoms with van der Waals surface area (Å²) in [6.07, 6.45) is 5.05. The van der Waals surface area contributed by atoms with Crippen molar-refractivity contribution >= 4 is 11.6 Å². The monoisotopic (exact) mass is 429 g/mol. The maximum absolute atomic E-state index is 5.60. The Kier molecular flexibility index (Phi) is 5.34. The van der Waals surface area contributed by atoms with Gasteiger partial charge in [-0.15, -0.1) is 5.10 Å². The van der Waals surface area contributed by atoms with Crippen molar-refractivity contribution in [1.29, 1.82) is 0 Å². The summed E-state index contributed by atoms with van der Waals surface area (Å²) in [7, 11) is 1.65. The number of hydrogen-bond acceptors (Lipinski definition) is 6. The van der Waals surface area contributed by atoms with Gasteiger partial charge in [-0.25, -0.2) is 14.3 Å². The Labute approximate surface area is 187 Å². The largest absolute Gasteiger partial charge is 0.494 e. The second-order valence-electron chi connectivity index (χ2n) is 8.22. The average molecular weight is 430 g/mol. The fourth-order valence-electron chi connectivity index (χ4n) is 4.22. The predicted octanol–water partition coefficient (Wildman–Crippen LogP) is 4.54. The SMILES string of the molecule is COc1cc(Nc2nc3n(n2)CCCCC3c2ccc(C)cc2)ccc1-n1cnc(C)n1. The Hall–Kier alpha value is -3.68. The Morgan fingerprint density at radius 3 is 2.62 bits per heavy atom. The molecule has 0 amide bonds. The van der Waals surface area contributed by atoms with Crippen molar-refractivity contribution < 1.29 is 4.74 Å². The van der Waals surface area contributed by atoms with E-state index in [0.717, 1.165) is 36.6 Å². The summed E-state index contributed by atoms with van der Waals surface area (Å²) in [6.45, 7) is 4.86. The van der Waals surface area contributed by atoms with Gasteiger partial charge in [0.2, 0.25) is 5.95 Å². The first-order valence-corrected chi connectivity index (χ1v) is 11.0. The first kappa shape index (κ1) is 20.2. The quantitative estimate of drug-likeness (QED) is 0.501. The number of nitrogens with one attached hydrogen (secondary N) is 1. The number of ether oxygens (including phenoxy) is 1. The van der Waals surface area contributed by atoms with E-state index in [1.165, 1.54) is 17.5 Å². The minimum absolute atomic E-state index is 0.258. The molecule has 1 aliphatic heterocycles. The average Bonchev–Trinajstić information content (AvgIpc) is 3.35. The highest BCUT2D eigenvalue weighted by Gasteiger charge is 2.24. The molecule has 5 rings (SSSR count). The van der Waals surface area contributed by atoms with Crippen LogP contribution in [0.25, 0.3) is 5.69 Å². The number of benzene rings is 2. The maximum Gasteiger partial charge on any atom is 0.246 e. The Morgan fingerprint density at radius 1 is 1.03 bits per heavy atom. The van der Waals surface area contributed by atoms with E-state index in [1.54, 1.807) is 18.1 Å². The molecular formula is C24H27N7O. The van der Waals surface area contributed by atoms with Crippen molar-refractivity contribution in [2.24, 2.45) is 0 Å². The molecule has 0 saturated carbocycles. The summed E-state index contributed by atoms with van der Waals surface area (Å²) in [6, 6.07) is 14.6. The van der Waals surface area contributed by atoms with E-state index in [0.29, 0.717) is 17.5 Å². The smallest absolute Gasteiger partial charge is 0.246 e. The third kappa shape index (κ3) is 3.95. The van der Waals surface area contributed by atoms with E-state index in [2.05, 4.69) is 51.3 Å². The number of aryl methyl sites for hydroxylation is 3. The molecule has 4 aromatic rings. The van der Waals surface area contributed by atoms with Crippen molar-refractivity contribution in [2.45, 2.75) is 45.6 Å². The van der Waals surface area contributed by atoms with Crippen molar-refractivity contribution in [3.8, 4) is 11.4 Å². The summed E-state index contributed by atoms with van der Waals surface area (Å²) in [5, 5.41) is 12.5. The summed E-state index contributed by atoms with van der Waals surface area (Å²) in [5.41, 5.74) is 4.25. The molecule has 0 bridgehead atoms. The molecule has 1 aliphatic rings. The zero-order valence-corrected chi connectivity index (χ0v) is 18.6. The van der Waals surface area contributed by atoms with Crippen molar-refractivity contribution in [1.82, 2.24) is 29.5 Å². The first-order chi connectivity index (χ1) is 15.6. The van der Waals surface area contributed by atoms with Crippen LogP contribution in [0, 0.1) is 13.8 Å². The van der Waals surface area contributed by atoms with E-state index in [1.807, 2.05) is 25.1 Å². The summed E-state index contributed by atoms with van der Waals surface area (Å²) < 4.78 is 9.36. The van der Waals surface area contributed by atoms with Crippen LogP contribution in [0.15, 0.2) is 48.8 Å². The molecule has 0 radical (unpaired) electrons. The molecule has 3 heterocycles. The molecule has 1 N–H and O–H groups in total. The van der Waals surface area contributed by atoms with E-state index < -0.39 is 0 Å². The highest BCUT2D eigenvalue weighted by atomic mass is 16.5. The Balaban J connectivity index is 1.43. The number of rotatable bonds is 5. The third-order valence-electron chi connectivity index (χ3n) is 5.89. The molecule has 0 saturated heterocycles. The molecule has 8 heteroatoms. The fourth-order valence-corrected chi connectivity index (χ4v) is 4.22. The lowest BCUT2D eigenvalue weighted by Gasteiger charge is -2.14. The lowest BCUT2D eigenvalue weighted by Crippen LogP contribution is -2.08. The van der Waals surface area contributed by atoms with Gasteiger partial charge < -0.3 is 10.1 Å². The molecule has 1 atom stereocenters. The summed E-state index contributed by atoms with van der Waals surface area (Å²) in [4.78, 5) is 9.10. The Morgan fingerprint density at radius 2 is 1.88 bits per heavy atom. The number of hydrogen-bond donors (Lipinski definition) is 1. The van der Waals surface area contributed by atoms with E-state index in [4.69, 9.17) is 14.8 Å². The molecule has 32 heavy (non-hydrogen) atoms. The highest BCUT2D eigenvalue weighted by molar-refractivity contribution is 5.61. The predicted molar refractivity (Wildman–Crippen MR) is 123 cm³/mol. The standard InChI is InChI=1S/C24H27N7O/c1-16-7-9-18(10-8-16)20-6-4-5-13-30-23(20)27-24(29-30)26-19-11-12-21(22(14-19)32-3)31-15-25-17(2)28-31/h7-12,14-15,20H,4-6,13H2,1-3H3,(H,26,29). The minimum Gasteiger partial charge on any atom is -0.494 e. The molecular weight excluding hydrogens is 402 g/mol. The number of fused-ring (bicyclic) bond motifs is 1. The van der Waals surface area contributed by atoms with Gasteiger partial charge in [0, 0.05) is 24.2 Å². The lowest BCUT2D eigenvalue weighted by molar-refractivity contribution is 0.412. The van der Waals surface area contributed by atoms with Crippen molar-refractivity contribution in [3.63, 3.8) is 0 Å². The van der Waals surface area contributed by atoms with Crippen LogP contribution < -0.4 is 10.1 Å². The van der Waals surface area contributed by atoms with Gasteiger partial charge in [-0.1, -0.05) is 36.2 Å². The maximum atomic E-state index is 5.60. The van der Waals surface area contributed by atoms with Crippen molar-refractivity contribution in [2.75, 3.05) is 12.4 Å². The molecule has 2 aromatic heterocycles. The zero-order valence-electron chi connectivity index (χ0n) is 18.6. The van der Waals surface area contributed by atoms with Gasteiger partial charge in [0.25, 0.3) is 0 Å². The van der Waals surface area contributed by atoms with Crippen molar-refractivity contribution in [3.05, 3.63) is 71.6 Å². The van der Waals surface area contributed by atoms with Gasteiger partial charge in [0.15, 0.2) is 0 Å². The lowest BCUT2D eigenvalue weighted by atomic mass is 9.93. The van der Waals surface area contributed by atoms with Gasteiger partial charge >= 0.3 is 0 Å². The number of anilines is 2. The summed E-state index contributed by atoms with van der Waals surface area (Å²) >= 11 is 0. The number of aromatic nitrogens is 6. The van der Waals surface area contributed by atoms with Gasteiger partial charge in [0.05, 0.1) is 7.11 Å². The van der Waals surface area contributed by atoms with Crippen LogP contribution in [0.1, 0.15) is 48.0 Å². The zero-order chi connectivity index (χ0) is 22.1. The van der Waals surface area contributed by atoms with Gasteiger partial charge in [-0.3, -0.25) is 0 Å². The molecule has 0 fully saturated rings. The van der Waals surface area contributed by atoms with Crippen LogP contribution in [0.3, 0.4) is 0 Å². The second-order valence-corrected chi connectivity index (χ2v) is 8.22. The molecule has 2 aromatic carbocycles. The van der Waals surface area contributed by atoms with Gasteiger partial charge in [-0.2, -0.15) is 10.1 Å². The normalized spacial score (nSPS) is 15.8. The Bertz CT molecular complexity index is 1230. The topological polar surface area (TPSA) is 82.7 Å². The minimum atomic E-state index is 0.258. The van der Waals surface area contributed by atoms with E-state index >= 15 is 0 Å². The van der Waals surface area contributed by atoms with E-state index in [-0.39, 0.29) is 5.92 Å². The first-order valence-electron chi connectivity index (χ1n) is 11.0. The number of nitrogens with zero attached hydrogens (tertiary/aromatic N) is 6. The molecule has 164 valence electrons. The molecule has 0 spiro atoms. The van der Waals surface area contributed by atoms with Gasteiger partial charge in [0.1, 0.15) is 29.4 Å². The van der Waals surface area contributed by atoms with Crippen LogP contribution in [0.5, 0.6) is 5.75 Å². The molecule has 1 unspecified atom stereocenters. The number of methoxy groups -OCH3 is 1. The van der Waals surface area contributed by atoms with Crippen LogP contribution in [0.4, 0.5) is 11.6 Å². The second kappa shape index (κ2) is 8.45. The molecule has 8 nitrogen and oxygen atoms in total.